The zero-order chi connectivity index (χ0) is 30.0. The van der Waals surface area contributed by atoms with Crippen LogP contribution in [-0.2, 0) is 38.8 Å². The molecule has 228 valence electrons. The molecule has 9 heteroatoms. The average Bonchev–Trinajstić information content (AvgIpc) is 3.04. The number of aliphatic carboxylic acids is 1. The maximum absolute atomic E-state index is 11.9. The first-order chi connectivity index (χ1) is 20.9. The van der Waals surface area contributed by atoms with Crippen LogP contribution in [0.1, 0.15) is 59.5 Å². The highest BCUT2D eigenvalue weighted by atomic mass is 16.7. The van der Waals surface area contributed by atoms with Crippen molar-refractivity contribution in [2.75, 3.05) is 32.7 Å². The molecule has 5 rings (SSSR count). The van der Waals surface area contributed by atoms with Crippen molar-refractivity contribution in [2.45, 2.75) is 57.5 Å². The average molecular weight is 588 g/mol. The largest absolute Gasteiger partial charge is 0.481 e. The minimum absolute atomic E-state index is 0.00275. The number of carbonyl (C=O) groups excluding carboxylic acids is 1. The van der Waals surface area contributed by atoms with Gasteiger partial charge in [-0.15, -0.1) is 0 Å². The second-order valence-corrected chi connectivity index (χ2v) is 11.3. The minimum atomic E-state index is -0.988. The number of hydrogen-bond donors (Lipinski definition) is 3. The summed E-state index contributed by atoms with van der Waals surface area (Å²) >= 11 is 0. The van der Waals surface area contributed by atoms with Gasteiger partial charge in [-0.25, -0.2) is 0 Å². The van der Waals surface area contributed by atoms with Gasteiger partial charge in [0.2, 0.25) is 5.91 Å². The zero-order valence-corrected chi connectivity index (χ0v) is 24.4. The van der Waals surface area contributed by atoms with E-state index in [1.165, 1.54) is 5.56 Å². The second-order valence-electron chi connectivity index (χ2n) is 11.3. The second kappa shape index (κ2) is 15.2. The molecule has 0 unspecified atom stereocenters. The van der Waals surface area contributed by atoms with Crippen LogP contribution >= 0.6 is 0 Å². The first-order valence-electron chi connectivity index (χ1n) is 15.0. The normalized spacial score (nSPS) is 21.4. The molecule has 0 saturated carbocycles. The lowest BCUT2D eigenvalue weighted by Gasteiger charge is -2.40. The fourth-order valence-electron chi connectivity index (χ4n) is 5.59. The molecule has 0 spiro atoms. The minimum Gasteiger partial charge on any atom is -0.481 e. The molecule has 3 aromatic carbocycles. The van der Waals surface area contributed by atoms with Gasteiger partial charge in [-0.1, -0.05) is 78.9 Å². The van der Waals surface area contributed by atoms with Crippen LogP contribution in [0.3, 0.4) is 0 Å². The van der Waals surface area contributed by atoms with E-state index in [0.717, 1.165) is 67.9 Å². The third-order valence-corrected chi connectivity index (χ3v) is 8.10. The van der Waals surface area contributed by atoms with Gasteiger partial charge in [0.1, 0.15) is 0 Å². The van der Waals surface area contributed by atoms with Crippen molar-refractivity contribution >= 4 is 11.9 Å². The molecule has 3 aromatic rings. The molecular weight excluding hydrogens is 546 g/mol. The van der Waals surface area contributed by atoms with E-state index in [4.69, 9.17) is 14.6 Å². The highest BCUT2D eigenvalue weighted by molar-refractivity contribution is 5.80. The van der Waals surface area contributed by atoms with Crippen LogP contribution in [-0.4, -0.2) is 70.7 Å². The van der Waals surface area contributed by atoms with E-state index in [1.54, 1.807) is 0 Å². The lowest BCUT2D eigenvalue weighted by atomic mass is 9.99. The molecule has 0 radical (unpaired) electrons. The molecule has 2 aliphatic rings. The SMILES string of the molecule is O=C(O)CCC(=O)NCc1ccc([C@H]2O[C@@H](CN3CCN(Cc4ccccc4)CC3)C[C@@H](c3ccc(CO)cc3)O2)cc1. The Morgan fingerprint density at radius 3 is 2.09 bits per heavy atom. The van der Waals surface area contributed by atoms with Crippen molar-refractivity contribution < 1.29 is 29.3 Å². The van der Waals surface area contributed by atoms with Gasteiger partial charge in [-0.2, -0.15) is 0 Å². The van der Waals surface area contributed by atoms with E-state index in [0.29, 0.717) is 6.54 Å². The molecule has 3 atom stereocenters. The summed E-state index contributed by atoms with van der Waals surface area (Å²) in [5, 5.41) is 21.0. The predicted octanol–water partition coefficient (Wildman–Crippen LogP) is 4.02. The van der Waals surface area contributed by atoms with Crippen LogP contribution < -0.4 is 5.32 Å². The third kappa shape index (κ3) is 9.19. The van der Waals surface area contributed by atoms with Crippen LogP contribution in [0.2, 0.25) is 0 Å². The number of hydrogen-bond acceptors (Lipinski definition) is 7. The van der Waals surface area contributed by atoms with Crippen LogP contribution in [0.5, 0.6) is 0 Å². The highest BCUT2D eigenvalue weighted by Gasteiger charge is 2.33. The zero-order valence-electron chi connectivity index (χ0n) is 24.4. The standard InChI is InChI=1S/C34H41N3O6/c38-24-27-8-10-28(11-9-27)31-20-30(23-37-18-16-36(17-19-37)22-26-4-2-1-3-5-26)42-34(43-31)29-12-6-25(7-13-29)21-35-32(39)14-15-33(40)41/h1-13,30-31,34,38H,14-24H2,(H,35,39)(H,40,41)/t30-,31+,34+/m1/s1. The maximum atomic E-state index is 11.9. The van der Waals surface area contributed by atoms with E-state index in [1.807, 2.05) is 48.5 Å². The summed E-state index contributed by atoms with van der Waals surface area (Å²) in [6.07, 6.45) is -0.199. The summed E-state index contributed by atoms with van der Waals surface area (Å²) in [6.45, 7) is 6.13. The first kappa shape index (κ1) is 30.8. The van der Waals surface area contributed by atoms with Gasteiger partial charge < -0.3 is 25.0 Å². The Bertz CT molecular complexity index is 1310. The van der Waals surface area contributed by atoms with Crippen molar-refractivity contribution in [2.24, 2.45) is 0 Å². The number of carboxylic acids is 1. The van der Waals surface area contributed by atoms with Gasteiger partial charge in [0, 0.05) is 64.2 Å². The summed E-state index contributed by atoms with van der Waals surface area (Å²) in [6, 6.07) is 26.3. The number of ether oxygens (including phenoxy) is 2. The smallest absolute Gasteiger partial charge is 0.303 e. The van der Waals surface area contributed by atoms with E-state index in [-0.39, 0.29) is 37.6 Å². The fourth-order valence-corrected chi connectivity index (χ4v) is 5.59. The Kier molecular flexibility index (Phi) is 10.9. The molecule has 0 aliphatic carbocycles. The van der Waals surface area contributed by atoms with E-state index in [9.17, 15) is 14.7 Å². The molecule has 3 N–H and O–H groups in total. The van der Waals surface area contributed by atoms with Crippen molar-refractivity contribution in [3.8, 4) is 0 Å². The molecule has 2 aliphatic heterocycles. The van der Waals surface area contributed by atoms with Crippen LogP contribution in [0.4, 0.5) is 0 Å². The van der Waals surface area contributed by atoms with E-state index in [2.05, 4.69) is 45.4 Å². The van der Waals surface area contributed by atoms with Crippen molar-refractivity contribution in [1.29, 1.82) is 0 Å². The molecule has 43 heavy (non-hydrogen) atoms. The number of nitrogens with zero attached hydrogens (tertiary/aromatic N) is 2. The number of carbonyl (C=O) groups is 2. The number of benzene rings is 3. The molecule has 9 nitrogen and oxygen atoms in total. The summed E-state index contributed by atoms with van der Waals surface area (Å²) in [5.41, 5.74) is 5.07. The monoisotopic (exact) mass is 587 g/mol. The number of amides is 1. The number of carboxylic acid groups (broad SMARTS) is 1. The summed E-state index contributed by atoms with van der Waals surface area (Å²) < 4.78 is 13.0. The molecule has 2 fully saturated rings. The lowest BCUT2D eigenvalue weighted by Crippen LogP contribution is -2.49. The summed E-state index contributed by atoms with van der Waals surface area (Å²) in [7, 11) is 0. The lowest BCUT2D eigenvalue weighted by molar-refractivity contribution is -0.253. The Balaban J connectivity index is 1.21. The molecule has 0 aromatic heterocycles. The Morgan fingerprint density at radius 1 is 0.767 bits per heavy atom. The number of aliphatic hydroxyl groups is 1. The van der Waals surface area contributed by atoms with Gasteiger partial charge in [-0.05, 0) is 22.3 Å². The van der Waals surface area contributed by atoms with Crippen LogP contribution in [0, 0.1) is 0 Å². The number of nitrogens with one attached hydrogen (secondary N) is 1. The number of aliphatic hydroxyl groups excluding tert-OH is 1. The topological polar surface area (TPSA) is 112 Å². The maximum Gasteiger partial charge on any atom is 0.303 e. The Hall–Kier alpha value is -3.60. The summed E-state index contributed by atoms with van der Waals surface area (Å²) in [5.74, 6) is -1.28. The van der Waals surface area contributed by atoms with Crippen molar-refractivity contribution in [3.63, 3.8) is 0 Å². The first-order valence-corrected chi connectivity index (χ1v) is 15.0. The molecule has 2 heterocycles. The predicted molar refractivity (Wildman–Crippen MR) is 162 cm³/mol. The van der Waals surface area contributed by atoms with E-state index < -0.39 is 12.3 Å². The van der Waals surface area contributed by atoms with Crippen LogP contribution in [0.15, 0.2) is 78.9 Å². The van der Waals surface area contributed by atoms with Crippen molar-refractivity contribution in [1.82, 2.24) is 15.1 Å². The fraction of sp³-hybridized carbons (Fsp3) is 0.412. The van der Waals surface area contributed by atoms with Gasteiger partial charge in [0.15, 0.2) is 6.29 Å². The van der Waals surface area contributed by atoms with Gasteiger partial charge in [0.05, 0.1) is 25.2 Å². The Labute approximate surface area is 253 Å². The summed E-state index contributed by atoms with van der Waals surface area (Å²) in [4.78, 5) is 27.6. The Morgan fingerprint density at radius 2 is 1.42 bits per heavy atom. The molecule has 1 amide bonds. The molecular formula is C34H41N3O6. The van der Waals surface area contributed by atoms with Gasteiger partial charge in [-0.3, -0.25) is 19.4 Å². The van der Waals surface area contributed by atoms with Crippen molar-refractivity contribution in [3.05, 3.63) is 107 Å². The third-order valence-electron chi connectivity index (χ3n) is 8.10. The highest BCUT2D eigenvalue weighted by Crippen LogP contribution is 2.38. The van der Waals surface area contributed by atoms with E-state index >= 15 is 0 Å². The number of rotatable bonds is 12. The van der Waals surface area contributed by atoms with Gasteiger partial charge >= 0.3 is 5.97 Å². The van der Waals surface area contributed by atoms with Crippen LogP contribution in [0.25, 0.3) is 0 Å². The molecule has 2 saturated heterocycles. The quantitative estimate of drug-likeness (QED) is 0.292. The van der Waals surface area contributed by atoms with Gasteiger partial charge in [0.25, 0.3) is 0 Å². The molecule has 0 bridgehead atoms. The number of piperazine rings is 1.